The molecule has 0 aromatic heterocycles. The number of carbonyl (C=O) groups is 2. The molecule has 1 aliphatic heterocycles. The quantitative estimate of drug-likeness (QED) is 0.135. The normalized spacial score (nSPS) is 13.4. The van der Waals surface area contributed by atoms with Crippen LogP contribution >= 0.6 is 0 Å². The van der Waals surface area contributed by atoms with Gasteiger partial charge in [-0.05, 0) is 0 Å². The maximum atomic E-state index is 12.1. The Morgan fingerprint density at radius 2 is 0.966 bits per heavy atom. The predicted octanol–water partition coefficient (Wildman–Crippen LogP) is 6.22. The topological polar surface area (TPSA) is 52.6 Å². The molecule has 0 unspecified atom stereocenters. The number of unbranched alkanes of at least 4 members (excludes halogenated alkanes) is 12. The number of rotatable bonds is 18. The van der Waals surface area contributed by atoms with Crippen LogP contribution in [0.3, 0.4) is 0 Å². The third kappa shape index (κ3) is 13.7. The summed E-state index contributed by atoms with van der Waals surface area (Å²) in [6.07, 6.45) is 17.3. The van der Waals surface area contributed by atoms with Crippen molar-refractivity contribution in [1.82, 2.24) is 0 Å². The number of esters is 2. The Bertz CT molecular complexity index is 479. The molecule has 1 heterocycles. The molecular formula is C24H42O4Se. The number of ether oxygens (including phenoxy) is 2. The van der Waals surface area contributed by atoms with Crippen molar-refractivity contribution in [1.29, 1.82) is 0 Å². The molecule has 1 rings (SSSR count). The first kappa shape index (κ1) is 26.0. The average Bonchev–Trinajstić information content (AvgIpc) is 3.13. The molecule has 168 valence electrons. The zero-order chi connectivity index (χ0) is 21.2. The number of hydrogen-bond donors (Lipinski definition) is 0. The summed E-state index contributed by atoms with van der Waals surface area (Å²) < 4.78 is 10.9. The van der Waals surface area contributed by atoms with Crippen LogP contribution in [-0.4, -0.2) is 26.9 Å². The van der Waals surface area contributed by atoms with E-state index in [0.717, 1.165) is 25.7 Å². The molecule has 0 atom stereocenters. The molecule has 0 aliphatic carbocycles. The van der Waals surface area contributed by atoms with Crippen LogP contribution < -0.4 is 0 Å². The minimum Gasteiger partial charge on any atom is -0.0654 e. The van der Waals surface area contributed by atoms with E-state index in [4.69, 9.17) is 9.47 Å². The van der Waals surface area contributed by atoms with E-state index in [1.165, 1.54) is 64.2 Å². The fourth-order valence-corrected chi connectivity index (χ4v) is 4.95. The molecule has 0 aromatic carbocycles. The second kappa shape index (κ2) is 17.8. The van der Waals surface area contributed by atoms with E-state index in [1.54, 1.807) is 0 Å². The van der Waals surface area contributed by atoms with Crippen molar-refractivity contribution in [2.75, 3.05) is 0 Å². The number of hydrogen-bond acceptors (Lipinski definition) is 4. The summed E-state index contributed by atoms with van der Waals surface area (Å²) in [6, 6.07) is 0. The summed E-state index contributed by atoms with van der Waals surface area (Å²) in [5.41, 5.74) is 0. The second-order valence-corrected chi connectivity index (χ2v) is 9.79. The fraction of sp³-hybridized carbons (Fsp3) is 0.750. The Balaban J connectivity index is 2.13. The first-order chi connectivity index (χ1) is 14.2. The van der Waals surface area contributed by atoms with Crippen molar-refractivity contribution in [2.24, 2.45) is 0 Å². The third-order valence-electron chi connectivity index (χ3n) is 5.09. The Morgan fingerprint density at radius 1 is 0.621 bits per heavy atom. The molecule has 0 N–H and O–H groups in total. The smallest absolute Gasteiger partial charge is 0.0654 e. The van der Waals surface area contributed by atoms with E-state index in [0.29, 0.717) is 24.4 Å². The van der Waals surface area contributed by atoms with Crippen LogP contribution in [-0.2, 0) is 19.1 Å². The van der Waals surface area contributed by atoms with Gasteiger partial charge in [-0.2, -0.15) is 0 Å². The molecule has 5 heteroatoms. The van der Waals surface area contributed by atoms with E-state index in [1.807, 2.05) is 9.95 Å². The van der Waals surface area contributed by atoms with E-state index in [9.17, 15) is 9.59 Å². The molecule has 29 heavy (non-hydrogen) atoms. The van der Waals surface area contributed by atoms with Gasteiger partial charge in [0, 0.05) is 0 Å². The Hall–Kier alpha value is -1.06. The second-order valence-electron chi connectivity index (χ2n) is 7.87. The van der Waals surface area contributed by atoms with Crippen LogP contribution in [0.5, 0.6) is 0 Å². The van der Waals surface area contributed by atoms with E-state index >= 15 is 0 Å². The van der Waals surface area contributed by atoms with Gasteiger partial charge < -0.3 is 0 Å². The van der Waals surface area contributed by atoms with Crippen molar-refractivity contribution in [3.8, 4) is 0 Å². The zero-order valence-electron chi connectivity index (χ0n) is 18.6. The molecular weight excluding hydrogens is 431 g/mol. The van der Waals surface area contributed by atoms with Gasteiger partial charge >= 0.3 is 170 Å². The van der Waals surface area contributed by atoms with Gasteiger partial charge in [0.2, 0.25) is 0 Å². The van der Waals surface area contributed by atoms with Crippen molar-refractivity contribution < 1.29 is 19.1 Å². The first-order valence-electron chi connectivity index (χ1n) is 11.8. The molecule has 0 radical (unpaired) electrons. The molecule has 0 amide bonds. The van der Waals surface area contributed by atoms with E-state index < -0.39 is 15.0 Å². The van der Waals surface area contributed by atoms with E-state index in [-0.39, 0.29) is 11.9 Å². The van der Waals surface area contributed by atoms with E-state index in [2.05, 4.69) is 13.8 Å². The number of carbonyl (C=O) groups excluding carboxylic acids is 2. The maximum absolute atomic E-state index is 12.1. The SMILES string of the molecule is CCCCCCCCCC(=O)OC1=C[SeH2]C=C1OC(=O)CCCCCCCCC. The van der Waals surface area contributed by atoms with Crippen molar-refractivity contribution >= 4 is 26.9 Å². The monoisotopic (exact) mass is 474 g/mol. The van der Waals surface area contributed by atoms with Crippen LogP contribution in [0.25, 0.3) is 0 Å². The summed E-state index contributed by atoms with van der Waals surface area (Å²) in [4.78, 5) is 28.0. The fourth-order valence-electron chi connectivity index (χ4n) is 3.30. The van der Waals surface area contributed by atoms with Gasteiger partial charge in [-0.3, -0.25) is 0 Å². The first-order valence-corrected chi connectivity index (χ1v) is 14.2. The zero-order valence-corrected chi connectivity index (χ0v) is 20.7. The predicted molar refractivity (Wildman–Crippen MR) is 122 cm³/mol. The molecule has 0 saturated heterocycles. The Labute approximate surface area is 184 Å². The van der Waals surface area contributed by atoms with Gasteiger partial charge in [0.1, 0.15) is 0 Å². The molecule has 0 bridgehead atoms. The summed E-state index contributed by atoms with van der Waals surface area (Å²) in [5.74, 6) is 0.497. The van der Waals surface area contributed by atoms with Crippen LogP contribution in [0, 0.1) is 0 Å². The van der Waals surface area contributed by atoms with Crippen LogP contribution in [0.15, 0.2) is 21.5 Å². The van der Waals surface area contributed by atoms with Crippen molar-refractivity contribution in [3.63, 3.8) is 0 Å². The van der Waals surface area contributed by atoms with Gasteiger partial charge in [0.25, 0.3) is 0 Å². The molecule has 4 nitrogen and oxygen atoms in total. The van der Waals surface area contributed by atoms with Crippen LogP contribution in [0.2, 0.25) is 0 Å². The van der Waals surface area contributed by atoms with Gasteiger partial charge in [-0.1, -0.05) is 13.8 Å². The van der Waals surface area contributed by atoms with Crippen LogP contribution in [0.4, 0.5) is 0 Å². The summed E-state index contributed by atoms with van der Waals surface area (Å²) >= 11 is -0.465. The minimum absolute atomic E-state index is 0.215. The third-order valence-corrected chi connectivity index (χ3v) is 6.89. The van der Waals surface area contributed by atoms with Gasteiger partial charge in [-0.15, -0.1) is 0 Å². The van der Waals surface area contributed by atoms with Gasteiger partial charge in [0.05, 0.1) is 0 Å². The summed E-state index contributed by atoms with van der Waals surface area (Å²) in [5, 5.41) is 0. The molecule has 1 aliphatic rings. The molecule has 0 saturated carbocycles. The van der Waals surface area contributed by atoms with Gasteiger partial charge in [-0.25, -0.2) is 0 Å². The van der Waals surface area contributed by atoms with Crippen molar-refractivity contribution in [2.45, 2.75) is 117 Å². The Morgan fingerprint density at radius 3 is 1.34 bits per heavy atom. The van der Waals surface area contributed by atoms with Gasteiger partial charge in [0.15, 0.2) is 0 Å². The average molecular weight is 474 g/mol. The van der Waals surface area contributed by atoms with Crippen molar-refractivity contribution in [3.05, 3.63) is 21.5 Å². The minimum atomic E-state index is -0.465. The standard InChI is InChI=1S/C24H42O4Se/c1-3-5-7-9-11-13-15-17-23(25)27-21-19-29-20-22(21)28-24(26)18-16-14-12-10-8-6-4-2/h19-20H,3-18,29H2,1-2H3. The molecule has 0 aromatic rings. The Kier molecular flexibility index (Phi) is 15.9. The molecule has 0 fully saturated rings. The van der Waals surface area contributed by atoms with Crippen LogP contribution in [0.1, 0.15) is 117 Å². The summed E-state index contributed by atoms with van der Waals surface area (Å²) in [6.45, 7) is 4.43. The molecule has 0 spiro atoms. The summed E-state index contributed by atoms with van der Waals surface area (Å²) in [7, 11) is 0.